The number of carbonyl (C=O) groups is 1. The van der Waals surface area contributed by atoms with E-state index < -0.39 is 20.7 Å². The van der Waals surface area contributed by atoms with Crippen LogP contribution in [0.2, 0.25) is 0 Å². The van der Waals surface area contributed by atoms with Gasteiger partial charge < -0.3 is 14.8 Å². The fraction of sp³-hybridized carbons (Fsp3) is 0.400. The summed E-state index contributed by atoms with van der Waals surface area (Å²) < 4.78 is 36.6. The van der Waals surface area contributed by atoms with E-state index in [1.807, 2.05) is 24.3 Å². The molecule has 1 saturated heterocycles. The lowest BCUT2D eigenvalue weighted by molar-refractivity contribution is -0.832. The minimum Gasteiger partial charge on any atom is -0.452 e. The summed E-state index contributed by atoms with van der Waals surface area (Å²) in [5, 5.41) is 15.1. The average molecular weight is 666 g/mol. The van der Waals surface area contributed by atoms with Crippen molar-refractivity contribution >= 4 is 27.5 Å². The molecule has 1 aliphatic heterocycles. The summed E-state index contributed by atoms with van der Waals surface area (Å²) in [6.45, 7) is 9.12. The normalized spacial score (nSPS) is 15.7. The maximum absolute atomic E-state index is 13.8. The standard InChI is InChI=1S/C35H43N3O6S2/c1-26(2)13-10-14-27(3)15-11-16-28(4)22-24-45-32-21-9-8-20-31(32)34(39)37-23-12-17-29(37)25-43-33-35(38(40)44-36-33)46(41,42)30-18-6-5-7-19-30/h5-9,13,15,18-22,29H,10-12,14,16-17,23-25H2,1-4H3/b27-15+,28-22+/t29-/m0/s1. The van der Waals surface area contributed by atoms with Crippen molar-refractivity contribution in [1.29, 1.82) is 0 Å². The molecular weight excluding hydrogens is 623 g/mol. The molecule has 9 nitrogen and oxygen atoms in total. The van der Waals surface area contributed by atoms with E-state index in [4.69, 9.17) is 4.74 Å². The van der Waals surface area contributed by atoms with Crippen LogP contribution in [-0.2, 0) is 9.84 Å². The number of amides is 1. The molecule has 1 atom stereocenters. The first-order chi connectivity index (χ1) is 22.1. The van der Waals surface area contributed by atoms with Gasteiger partial charge in [-0.1, -0.05) is 65.3 Å². The van der Waals surface area contributed by atoms with Gasteiger partial charge in [-0.3, -0.25) is 9.42 Å². The number of allylic oxidation sites excluding steroid dienone is 5. The zero-order chi connectivity index (χ0) is 33.1. The van der Waals surface area contributed by atoms with Crippen LogP contribution in [0.3, 0.4) is 0 Å². The van der Waals surface area contributed by atoms with Gasteiger partial charge in [-0.2, -0.15) is 0 Å². The molecule has 0 spiro atoms. The molecule has 0 radical (unpaired) electrons. The van der Waals surface area contributed by atoms with Crippen molar-refractivity contribution < 1.29 is 27.5 Å². The van der Waals surface area contributed by atoms with Crippen molar-refractivity contribution in [3.8, 4) is 5.88 Å². The fourth-order valence-electron chi connectivity index (χ4n) is 5.23. The molecule has 4 rings (SSSR count). The number of rotatable bonds is 15. The van der Waals surface area contributed by atoms with Crippen LogP contribution in [0, 0.1) is 5.21 Å². The Hall–Kier alpha value is -3.83. The highest BCUT2D eigenvalue weighted by molar-refractivity contribution is 7.99. The van der Waals surface area contributed by atoms with Gasteiger partial charge >= 0.3 is 10.9 Å². The molecule has 0 N–H and O–H groups in total. The molecule has 246 valence electrons. The van der Waals surface area contributed by atoms with Crippen LogP contribution in [0.15, 0.2) is 109 Å². The molecule has 1 aromatic heterocycles. The van der Waals surface area contributed by atoms with Crippen molar-refractivity contribution in [2.45, 2.75) is 87.1 Å². The summed E-state index contributed by atoms with van der Waals surface area (Å²) in [6.07, 6.45) is 12.5. The van der Waals surface area contributed by atoms with Crippen molar-refractivity contribution in [2.75, 3.05) is 18.9 Å². The summed E-state index contributed by atoms with van der Waals surface area (Å²) in [5.74, 6) is 0.219. The molecule has 0 aliphatic carbocycles. The number of likely N-dealkylation sites (tertiary alicyclic amines) is 1. The maximum Gasteiger partial charge on any atom is 0.415 e. The van der Waals surface area contributed by atoms with Gasteiger partial charge in [-0.25, -0.2) is 8.42 Å². The monoisotopic (exact) mass is 665 g/mol. The average Bonchev–Trinajstić information content (AvgIpc) is 3.66. The largest absolute Gasteiger partial charge is 0.452 e. The number of benzene rings is 2. The number of sulfone groups is 1. The van der Waals surface area contributed by atoms with Gasteiger partial charge in [0.15, 0.2) is 0 Å². The van der Waals surface area contributed by atoms with E-state index in [-0.39, 0.29) is 28.4 Å². The van der Waals surface area contributed by atoms with Gasteiger partial charge in [0.1, 0.15) is 6.61 Å². The van der Waals surface area contributed by atoms with Crippen LogP contribution in [0.4, 0.5) is 0 Å². The zero-order valence-corrected chi connectivity index (χ0v) is 28.6. The summed E-state index contributed by atoms with van der Waals surface area (Å²) in [5.41, 5.74) is 4.72. The van der Waals surface area contributed by atoms with E-state index in [9.17, 15) is 18.4 Å². The van der Waals surface area contributed by atoms with Crippen molar-refractivity contribution in [1.82, 2.24) is 10.1 Å². The number of thioether (sulfide) groups is 1. The number of hydrogen-bond acceptors (Lipinski definition) is 8. The predicted octanol–water partition coefficient (Wildman–Crippen LogP) is 7.34. The highest BCUT2D eigenvalue weighted by Crippen LogP contribution is 2.29. The van der Waals surface area contributed by atoms with E-state index in [0.29, 0.717) is 18.5 Å². The van der Waals surface area contributed by atoms with Crippen molar-refractivity contribution in [3.63, 3.8) is 0 Å². The molecule has 11 heteroatoms. The van der Waals surface area contributed by atoms with Gasteiger partial charge in [0, 0.05) is 17.2 Å². The summed E-state index contributed by atoms with van der Waals surface area (Å²) >= 11 is 1.63. The van der Waals surface area contributed by atoms with Crippen LogP contribution >= 0.6 is 11.8 Å². The minimum atomic E-state index is -4.24. The maximum atomic E-state index is 13.8. The highest BCUT2D eigenvalue weighted by Gasteiger charge is 2.37. The second-order valence-corrected chi connectivity index (χ2v) is 14.7. The molecule has 1 aliphatic rings. The summed E-state index contributed by atoms with van der Waals surface area (Å²) in [7, 11) is -4.24. The number of ether oxygens (including phenoxy) is 1. The molecule has 0 bridgehead atoms. The van der Waals surface area contributed by atoms with E-state index in [1.54, 1.807) is 34.9 Å². The first-order valence-electron chi connectivity index (χ1n) is 15.6. The molecule has 1 fully saturated rings. The zero-order valence-electron chi connectivity index (χ0n) is 27.0. The van der Waals surface area contributed by atoms with E-state index >= 15 is 0 Å². The molecule has 2 aromatic carbocycles. The van der Waals surface area contributed by atoms with Crippen LogP contribution < -0.4 is 9.64 Å². The Kier molecular flexibility index (Phi) is 12.7. The van der Waals surface area contributed by atoms with Gasteiger partial charge in [0.2, 0.25) is 0 Å². The first-order valence-corrected chi connectivity index (χ1v) is 18.0. The number of nitrogens with zero attached hydrogens (tertiary/aromatic N) is 3. The predicted molar refractivity (Wildman–Crippen MR) is 179 cm³/mol. The van der Waals surface area contributed by atoms with Gasteiger partial charge in [0.25, 0.3) is 15.7 Å². The molecular formula is C35H43N3O6S2. The highest BCUT2D eigenvalue weighted by atomic mass is 32.2. The van der Waals surface area contributed by atoms with Crippen molar-refractivity contribution in [2.24, 2.45) is 0 Å². The lowest BCUT2D eigenvalue weighted by Gasteiger charge is -2.25. The molecule has 46 heavy (non-hydrogen) atoms. The van der Waals surface area contributed by atoms with Gasteiger partial charge in [-0.15, -0.1) is 11.8 Å². The lowest BCUT2D eigenvalue weighted by Crippen LogP contribution is -2.39. The Balaban J connectivity index is 1.36. The Morgan fingerprint density at radius 2 is 1.70 bits per heavy atom. The lowest BCUT2D eigenvalue weighted by atomic mass is 10.1. The third-order valence-electron chi connectivity index (χ3n) is 7.82. The number of aromatic nitrogens is 2. The second kappa shape index (κ2) is 16.6. The Bertz CT molecular complexity index is 1670. The summed E-state index contributed by atoms with van der Waals surface area (Å²) in [6, 6.07) is 14.8. The van der Waals surface area contributed by atoms with E-state index in [0.717, 1.165) is 42.8 Å². The molecule has 0 saturated carbocycles. The smallest absolute Gasteiger partial charge is 0.415 e. The van der Waals surface area contributed by atoms with Gasteiger partial charge in [-0.05, 0) is 95.4 Å². The second-order valence-electron chi connectivity index (χ2n) is 11.7. The Labute approximate surface area is 276 Å². The van der Waals surface area contributed by atoms with E-state index in [1.165, 1.54) is 28.9 Å². The molecule has 1 amide bonds. The summed E-state index contributed by atoms with van der Waals surface area (Å²) in [4.78, 5) is 16.2. The minimum absolute atomic E-state index is 0.0321. The molecule has 0 unspecified atom stereocenters. The number of carbonyl (C=O) groups excluding carboxylic acids is 1. The molecule has 2 heterocycles. The van der Waals surface area contributed by atoms with Crippen LogP contribution in [0.5, 0.6) is 5.88 Å². The Morgan fingerprint density at radius 1 is 1.02 bits per heavy atom. The van der Waals surface area contributed by atoms with Crippen LogP contribution in [0.25, 0.3) is 0 Å². The topological polar surface area (TPSA) is 117 Å². The Morgan fingerprint density at radius 3 is 2.43 bits per heavy atom. The van der Waals surface area contributed by atoms with Crippen LogP contribution in [0.1, 0.15) is 76.6 Å². The SMILES string of the molecule is CC(C)=CCC/C(C)=C/CC/C(C)=C/CSc1ccccc1C(=O)N1CCC[C@H]1COc1no[n+]([O-])c1S(=O)(=O)c1ccccc1. The first kappa shape index (κ1) is 35.0. The fourth-order valence-corrected chi connectivity index (χ4v) is 7.56. The van der Waals surface area contributed by atoms with Crippen molar-refractivity contribution in [3.05, 3.63) is 100 Å². The third-order valence-corrected chi connectivity index (χ3v) is 10.5. The van der Waals surface area contributed by atoms with Crippen LogP contribution in [-0.4, -0.2) is 49.3 Å². The molecule has 3 aromatic rings. The number of hydrogen-bond donors (Lipinski definition) is 0. The van der Waals surface area contributed by atoms with Gasteiger partial charge in [0.05, 0.1) is 21.7 Å². The van der Waals surface area contributed by atoms with E-state index in [2.05, 4.69) is 55.7 Å². The third kappa shape index (κ3) is 9.35. The quantitative estimate of drug-likeness (QED) is 0.0941.